The lowest BCUT2D eigenvalue weighted by Gasteiger charge is -2.13. The lowest BCUT2D eigenvalue weighted by atomic mass is 10.1. The van der Waals surface area contributed by atoms with Gasteiger partial charge in [0.1, 0.15) is 17.3 Å². The number of fused-ring (bicyclic) bond motifs is 1. The Labute approximate surface area is 177 Å². The van der Waals surface area contributed by atoms with Crippen LogP contribution in [0, 0.1) is 5.41 Å². The zero-order valence-corrected chi connectivity index (χ0v) is 16.7. The first kappa shape index (κ1) is 18.8. The number of nitrogens with one attached hydrogen (secondary N) is 2. The molecule has 3 heterocycles. The van der Waals surface area contributed by atoms with E-state index < -0.39 is 6.10 Å². The predicted molar refractivity (Wildman–Crippen MR) is 114 cm³/mol. The van der Waals surface area contributed by atoms with Gasteiger partial charge in [-0.25, -0.2) is 9.67 Å². The second-order valence-corrected chi connectivity index (χ2v) is 7.10. The summed E-state index contributed by atoms with van der Waals surface area (Å²) in [6.45, 7) is 0. The molecule has 0 saturated carbocycles. The van der Waals surface area contributed by atoms with Crippen LogP contribution in [0.25, 0.3) is 28.1 Å². The number of carbonyl (C=O) groups excluding carboxylic acids is 1. The highest BCUT2D eigenvalue weighted by Crippen LogP contribution is 2.21. The van der Waals surface area contributed by atoms with Gasteiger partial charge in [0.05, 0.1) is 35.7 Å². The summed E-state index contributed by atoms with van der Waals surface area (Å²) >= 11 is 0. The molecule has 31 heavy (non-hydrogen) atoms. The number of H-pyrrole nitrogens is 1. The number of Topliss-reactive ketones (excluding diaryl/α,β-unsaturated/α-hetero) is 1. The van der Waals surface area contributed by atoms with Gasteiger partial charge in [-0.1, -0.05) is 12.1 Å². The van der Waals surface area contributed by atoms with E-state index in [4.69, 9.17) is 14.9 Å². The average molecular weight is 413 g/mol. The first-order valence-corrected chi connectivity index (χ1v) is 9.77. The molecule has 4 aromatic rings. The Kier molecular flexibility index (Phi) is 4.59. The molecule has 0 saturated heterocycles. The van der Waals surface area contributed by atoms with Gasteiger partial charge in [-0.05, 0) is 48.5 Å². The summed E-state index contributed by atoms with van der Waals surface area (Å²) in [5.74, 6) is 0.936. The number of methoxy groups -OCH3 is 1. The van der Waals surface area contributed by atoms with Crippen LogP contribution in [-0.2, 0) is 4.74 Å². The van der Waals surface area contributed by atoms with Gasteiger partial charge in [0.25, 0.3) is 0 Å². The summed E-state index contributed by atoms with van der Waals surface area (Å²) in [6.07, 6.45) is 3.21. The van der Waals surface area contributed by atoms with Crippen LogP contribution in [-0.4, -0.2) is 38.7 Å². The molecular formula is C23H19N5O3. The predicted octanol–water partition coefficient (Wildman–Crippen LogP) is 3.39. The molecule has 0 radical (unpaired) electrons. The van der Waals surface area contributed by atoms with Crippen LogP contribution in [0.3, 0.4) is 0 Å². The summed E-state index contributed by atoms with van der Waals surface area (Å²) in [5, 5.41) is 13.3. The summed E-state index contributed by atoms with van der Waals surface area (Å²) in [7, 11) is 1.59. The van der Waals surface area contributed by atoms with Gasteiger partial charge >= 0.3 is 0 Å². The Hall–Kier alpha value is -4.20. The largest absolute Gasteiger partial charge is 0.497 e. The maximum absolute atomic E-state index is 13.0. The SMILES string of the molecule is COc1ccc(-n2nc(C(=O)C3CC=CO3)cc(-c3nc4ccccc4[nH]3)c2=N)cc1. The fraction of sp³-hybridized carbons (Fsp3) is 0.130. The lowest BCUT2D eigenvalue weighted by molar-refractivity contribution is 0.0746. The van der Waals surface area contributed by atoms with Crippen LogP contribution >= 0.6 is 0 Å². The second kappa shape index (κ2) is 7.56. The highest BCUT2D eigenvalue weighted by Gasteiger charge is 2.26. The minimum atomic E-state index is -0.614. The van der Waals surface area contributed by atoms with Crippen LogP contribution in [0.4, 0.5) is 0 Å². The Morgan fingerprint density at radius 3 is 2.74 bits per heavy atom. The van der Waals surface area contributed by atoms with Gasteiger partial charge in [-0.15, -0.1) is 0 Å². The van der Waals surface area contributed by atoms with E-state index in [-0.39, 0.29) is 17.0 Å². The van der Waals surface area contributed by atoms with Gasteiger partial charge in [-0.2, -0.15) is 5.10 Å². The molecule has 0 fully saturated rings. The molecule has 2 aromatic carbocycles. The molecule has 1 atom stereocenters. The molecule has 8 nitrogen and oxygen atoms in total. The third-order valence-electron chi connectivity index (χ3n) is 5.15. The minimum absolute atomic E-state index is 0.103. The number of aromatic nitrogens is 4. The van der Waals surface area contributed by atoms with Crippen molar-refractivity contribution in [2.75, 3.05) is 7.11 Å². The Morgan fingerprint density at radius 2 is 2.03 bits per heavy atom. The molecular weight excluding hydrogens is 394 g/mol. The van der Waals surface area contributed by atoms with E-state index in [0.717, 1.165) is 11.0 Å². The highest BCUT2D eigenvalue weighted by atomic mass is 16.5. The third-order valence-corrected chi connectivity index (χ3v) is 5.15. The molecule has 0 spiro atoms. The van der Waals surface area contributed by atoms with Crippen molar-refractivity contribution in [1.29, 1.82) is 5.41 Å². The number of ether oxygens (including phenoxy) is 2. The van der Waals surface area contributed by atoms with Crippen LogP contribution in [0.2, 0.25) is 0 Å². The average Bonchev–Trinajstić information content (AvgIpc) is 3.49. The Bertz CT molecular complexity index is 1330. The van der Waals surface area contributed by atoms with E-state index in [0.29, 0.717) is 29.2 Å². The summed E-state index contributed by atoms with van der Waals surface area (Å²) < 4.78 is 12.1. The quantitative estimate of drug-likeness (QED) is 0.488. The molecule has 2 aromatic heterocycles. The molecule has 154 valence electrons. The van der Waals surface area contributed by atoms with E-state index in [1.807, 2.05) is 24.3 Å². The van der Waals surface area contributed by atoms with E-state index >= 15 is 0 Å². The molecule has 0 bridgehead atoms. The molecule has 1 aliphatic heterocycles. The summed E-state index contributed by atoms with van der Waals surface area (Å²) in [6, 6.07) is 16.4. The second-order valence-electron chi connectivity index (χ2n) is 7.10. The van der Waals surface area contributed by atoms with E-state index in [1.54, 1.807) is 43.5 Å². The Morgan fingerprint density at radius 1 is 1.23 bits per heavy atom. The summed E-state index contributed by atoms with van der Waals surface area (Å²) in [4.78, 5) is 20.9. The fourth-order valence-corrected chi connectivity index (χ4v) is 3.52. The number of aromatic amines is 1. The first-order valence-electron chi connectivity index (χ1n) is 9.77. The summed E-state index contributed by atoms with van der Waals surface area (Å²) in [5.41, 5.74) is 3.03. The van der Waals surface area contributed by atoms with Crippen LogP contribution < -0.4 is 10.2 Å². The first-order chi connectivity index (χ1) is 15.1. The van der Waals surface area contributed by atoms with Gasteiger partial charge in [0, 0.05) is 6.42 Å². The van der Waals surface area contributed by atoms with Crippen molar-refractivity contribution in [3.05, 3.63) is 78.1 Å². The van der Waals surface area contributed by atoms with Gasteiger partial charge in [0.2, 0.25) is 5.78 Å². The fourth-order valence-electron chi connectivity index (χ4n) is 3.52. The highest BCUT2D eigenvalue weighted by molar-refractivity contribution is 5.99. The van der Waals surface area contributed by atoms with Crippen molar-refractivity contribution in [3.8, 4) is 22.8 Å². The number of hydrogen-bond acceptors (Lipinski definition) is 6. The maximum atomic E-state index is 13.0. The molecule has 5 rings (SSSR count). The lowest BCUT2D eigenvalue weighted by Crippen LogP contribution is -2.29. The standard InChI is InChI=1S/C23H19N5O3/c1-30-15-10-8-14(9-11-15)28-22(24)16(23-25-17-5-2-3-6-18(17)26-23)13-19(27-28)21(29)20-7-4-12-31-20/h2-6,8-13,20,24H,7H2,1H3,(H,25,26). The molecule has 1 aliphatic rings. The van der Waals surface area contributed by atoms with Crippen LogP contribution in [0.15, 0.2) is 66.9 Å². The molecule has 2 N–H and O–H groups in total. The number of hydrogen-bond donors (Lipinski definition) is 2. The monoisotopic (exact) mass is 413 g/mol. The van der Waals surface area contributed by atoms with E-state index in [9.17, 15) is 4.79 Å². The van der Waals surface area contributed by atoms with Crippen molar-refractivity contribution in [2.45, 2.75) is 12.5 Å². The number of benzene rings is 2. The number of ketones is 1. The number of rotatable bonds is 5. The smallest absolute Gasteiger partial charge is 0.223 e. The zero-order valence-electron chi connectivity index (χ0n) is 16.7. The maximum Gasteiger partial charge on any atom is 0.223 e. The topological polar surface area (TPSA) is 106 Å². The van der Waals surface area contributed by atoms with Crippen LogP contribution in [0.1, 0.15) is 16.9 Å². The van der Waals surface area contributed by atoms with Gasteiger partial charge in [0.15, 0.2) is 11.6 Å². The van der Waals surface area contributed by atoms with E-state index in [2.05, 4.69) is 15.1 Å². The molecule has 1 unspecified atom stereocenters. The van der Waals surface area contributed by atoms with Crippen LogP contribution in [0.5, 0.6) is 5.75 Å². The molecule has 0 aliphatic carbocycles. The van der Waals surface area contributed by atoms with Crippen molar-refractivity contribution in [3.63, 3.8) is 0 Å². The number of para-hydroxylation sites is 2. The van der Waals surface area contributed by atoms with Gasteiger partial charge in [-0.3, -0.25) is 10.2 Å². The zero-order chi connectivity index (χ0) is 21.4. The molecule has 0 amide bonds. The number of imidazole rings is 1. The van der Waals surface area contributed by atoms with Crippen molar-refractivity contribution < 1.29 is 14.3 Å². The number of carbonyl (C=O) groups is 1. The van der Waals surface area contributed by atoms with Gasteiger partial charge < -0.3 is 14.5 Å². The van der Waals surface area contributed by atoms with E-state index in [1.165, 1.54) is 10.9 Å². The molecule has 8 heteroatoms. The third kappa shape index (κ3) is 3.38. The van der Waals surface area contributed by atoms with Crippen molar-refractivity contribution in [2.24, 2.45) is 0 Å². The Balaban J connectivity index is 1.69. The van der Waals surface area contributed by atoms with Crippen molar-refractivity contribution in [1.82, 2.24) is 19.7 Å². The minimum Gasteiger partial charge on any atom is -0.497 e. The normalized spacial score (nSPS) is 15.2. The number of nitrogens with zero attached hydrogens (tertiary/aromatic N) is 3. The van der Waals surface area contributed by atoms with Crippen molar-refractivity contribution >= 4 is 16.8 Å².